The van der Waals surface area contributed by atoms with Crippen molar-refractivity contribution in [3.05, 3.63) is 35.4 Å². The number of hydrogen-bond acceptors (Lipinski definition) is 1. The fourth-order valence-electron chi connectivity index (χ4n) is 2.58. The first-order chi connectivity index (χ1) is 6.74. The van der Waals surface area contributed by atoms with Crippen molar-refractivity contribution in [1.29, 1.82) is 0 Å². The molecule has 76 valence electrons. The summed E-state index contributed by atoms with van der Waals surface area (Å²) in [5.41, 5.74) is 3.07. The van der Waals surface area contributed by atoms with Crippen LogP contribution in [0.15, 0.2) is 24.3 Å². The van der Waals surface area contributed by atoms with Crippen molar-refractivity contribution in [3.63, 3.8) is 0 Å². The van der Waals surface area contributed by atoms with Crippen LogP contribution in [-0.4, -0.2) is 13.1 Å². The highest BCUT2D eigenvalue weighted by Gasteiger charge is 2.29. The molecular weight excluding hydrogens is 170 g/mol. The van der Waals surface area contributed by atoms with E-state index in [1.807, 2.05) is 0 Å². The zero-order valence-electron chi connectivity index (χ0n) is 9.25. The van der Waals surface area contributed by atoms with Gasteiger partial charge in [-0.2, -0.15) is 0 Å². The number of hydrogen-bond donors (Lipinski definition) is 1. The van der Waals surface area contributed by atoms with Gasteiger partial charge < -0.3 is 5.32 Å². The molecule has 0 amide bonds. The van der Waals surface area contributed by atoms with E-state index in [9.17, 15) is 0 Å². The molecule has 1 N–H and O–H groups in total. The second-order valence-electron chi connectivity index (χ2n) is 4.45. The van der Waals surface area contributed by atoms with Gasteiger partial charge in [0, 0.05) is 6.04 Å². The Hall–Kier alpha value is -0.820. The van der Waals surface area contributed by atoms with Crippen LogP contribution in [0.5, 0.6) is 0 Å². The van der Waals surface area contributed by atoms with Gasteiger partial charge in [-0.1, -0.05) is 38.1 Å². The second-order valence-corrected chi connectivity index (χ2v) is 4.45. The molecule has 0 aromatic heterocycles. The zero-order valence-corrected chi connectivity index (χ0v) is 9.25. The van der Waals surface area contributed by atoms with E-state index >= 15 is 0 Å². The minimum Gasteiger partial charge on any atom is -0.316 e. The van der Waals surface area contributed by atoms with Crippen LogP contribution in [0.2, 0.25) is 0 Å². The normalized spacial score (nSPS) is 31.2. The Kier molecular flexibility index (Phi) is 2.60. The van der Waals surface area contributed by atoms with Crippen LogP contribution in [0, 0.1) is 5.92 Å². The molecule has 0 fully saturated rings. The van der Waals surface area contributed by atoms with Crippen LogP contribution in [0.25, 0.3) is 0 Å². The Labute approximate surface area is 86.5 Å². The van der Waals surface area contributed by atoms with Gasteiger partial charge in [0.05, 0.1) is 0 Å². The monoisotopic (exact) mass is 189 g/mol. The molecule has 1 aromatic carbocycles. The molecule has 0 heterocycles. The summed E-state index contributed by atoms with van der Waals surface area (Å²) < 4.78 is 0. The van der Waals surface area contributed by atoms with E-state index in [4.69, 9.17) is 0 Å². The van der Waals surface area contributed by atoms with Gasteiger partial charge >= 0.3 is 0 Å². The Balaban J connectivity index is 2.37. The highest BCUT2D eigenvalue weighted by Crippen LogP contribution is 2.35. The fraction of sp³-hybridized carbons (Fsp3) is 0.538. The second kappa shape index (κ2) is 3.74. The lowest BCUT2D eigenvalue weighted by Gasteiger charge is -2.35. The van der Waals surface area contributed by atoms with E-state index < -0.39 is 0 Å². The third-order valence-corrected chi connectivity index (χ3v) is 3.78. The summed E-state index contributed by atoms with van der Waals surface area (Å²) in [7, 11) is 2.07. The maximum atomic E-state index is 3.42. The number of likely N-dealkylation sites (N-methyl/N-ethyl adjacent to an activating group) is 1. The average Bonchev–Trinajstić information content (AvgIpc) is 2.23. The first-order valence-corrected chi connectivity index (χ1v) is 5.49. The predicted molar refractivity (Wildman–Crippen MR) is 60.6 cm³/mol. The quantitative estimate of drug-likeness (QED) is 0.716. The van der Waals surface area contributed by atoms with E-state index in [1.165, 1.54) is 12.0 Å². The van der Waals surface area contributed by atoms with Gasteiger partial charge in [-0.25, -0.2) is 0 Å². The summed E-state index contributed by atoms with van der Waals surface area (Å²) in [5, 5.41) is 3.42. The van der Waals surface area contributed by atoms with Gasteiger partial charge in [0.2, 0.25) is 0 Å². The standard InChI is InChI=1S/C13H19N/c1-9-10(2)13(14-3)8-11-6-4-5-7-12(9)11/h4-7,9-10,13-14H,8H2,1-3H3/t9?,10-,13?/m0/s1. The minimum absolute atomic E-state index is 0.639. The van der Waals surface area contributed by atoms with Gasteiger partial charge in [-0.3, -0.25) is 0 Å². The van der Waals surface area contributed by atoms with Gasteiger partial charge in [0.15, 0.2) is 0 Å². The van der Waals surface area contributed by atoms with Crippen molar-refractivity contribution in [3.8, 4) is 0 Å². The number of rotatable bonds is 1. The molecule has 14 heavy (non-hydrogen) atoms. The van der Waals surface area contributed by atoms with Gasteiger partial charge in [0.1, 0.15) is 0 Å². The van der Waals surface area contributed by atoms with Crippen LogP contribution < -0.4 is 5.32 Å². The van der Waals surface area contributed by atoms with Crippen LogP contribution in [0.1, 0.15) is 30.9 Å². The fourth-order valence-corrected chi connectivity index (χ4v) is 2.58. The Morgan fingerprint density at radius 3 is 2.64 bits per heavy atom. The van der Waals surface area contributed by atoms with Crippen molar-refractivity contribution < 1.29 is 0 Å². The highest BCUT2D eigenvalue weighted by molar-refractivity contribution is 5.34. The zero-order chi connectivity index (χ0) is 10.1. The van der Waals surface area contributed by atoms with Crippen molar-refractivity contribution in [2.45, 2.75) is 32.2 Å². The summed E-state index contributed by atoms with van der Waals surface area (Å²) in [5.74, 6) is 1.41. The van der Waals surface area contributed by atoms with Crippen LogP contribution in [0.4, 0.5) is 0 Å². The molecule has 0 bridgehead atoms. The third kappa shape index (κ3) is 1.46. The maximum absolute atomic E-state index is 3.42. The summed E-state index contributed by atoms with van der Waals surface area (Å²) >= 11 is 0. The SMILES string of the molecule is CNC1Cc2ccccc2C(C)[C@@H]1C. The lowest BCUT2D eigenvalue weighted by Crippen LogP contribution is -2.40. The van der Waals surface area contributed by atoms with Crippen LogP contribution in [-0.2, 0) is 6.42 Å². The molecule has 1 nitrogen and oxygen atoms in total. The largest absolute Gasteiger partial charge is 0.316 e. The molecule has 2 rings (SSSR count). The van der Waals surface area contributed by atoms with E-state index in [0.29, 0.717) is 12.0 Å². The minimum atomic E-state index is 0.639. The topological polar surface area (TPSA) is 12.0 Å². The van der Waals surface area contributed by atoms with E-state index in [0.717, 1.165) is 5.92 Å². The molecule has 0 aliphatic heterocycles. The van der Waals surface area contributed by atoms with Crippen molar-refractivity contribution in [2.24, 2.45) is 5.92 Å². The Bertz CT molecular complexity index is 319. The maximum Gasteiger partial charge on any atom is 0.0136 e. The summed E-state index contributed by atoms with van der Waals surface area (Å²) in [4.78, 5) is 0. The molecule has 1 aromatic rings. The Morgan fingerprint density at radius 2 is 1.93 bits per heavy atom. The molecule has 0 spiro atoms. The number of nitrogens with one attached hydrogen (secondary N) is 1. The molecule has 3 atom stereocenters. The van der Waals surface area contributed by atoms with Crippen molar-refractivity contribution in [2.75, 3.05) is 7.05 Å². The molecule has 0 saturated heterocycles. The predicted octanol–water partition coefficient (Wildman–Crippen LogP) is 2.57. The van der Waals surface area contributed by atoms with Crippen LogP contribution in [0.3, 0.4) is 0 Å². The van der Waals surface area contributed by atoms with Gasteiger partial charge in [0.25, 0.3) is 0 Å². The molecule has 2 unspecified atom stereocenters. The molecule has 0 saturated carbocycles. The highest BCUT2D eigenvalue weighted by atomic mass is 14.9. The Morgan fingerprint density at radius 1 is 1.21 bits per heavy atom. The molecule has 1 aliphatic carbocycles. The van der Waals surface area contributed by atoms with E-state index in [1.54, 1.807) is 5.56 Å². The first kappa shape index (κ1) is 9.72. The van der Waals surface area contributed by atoms with E-state index in [2.05, 4.69) is 50.5 Å². The average molecular weight is 189 g/mol. The smallest absolute Gasteiger partial charge is 0.0136 e. The molecule has 0 radical (unpaired) electrons. The van der Waals surface area contributed by atoms with Crippen molar-refractivity contribution >= 4 is 0 Å². The van der Waals surface area contributed by atoms with Crippen molar-refractivity contribution in [1.82, 2.24) is 5.32 Å². The summed E-state index contributed by atoms with van der Waals surface area (Å²) in [6.07, 6.45) is 1.18. The summed E-state index contributed by atoms with van der Waals surface area (Å²) in [6, 6.07) is 9.49. The number of fused-ring (bicyclic) bond motifs is 1. The van der Waals surface area contributed by atoms with Gasteiger partial charge in [-0.05, 0) is 36.4 Å². The van der Waals surface area contributed by atoms with E-state index in [-0.39, 0.29) is 0 Å². The van der Waals surface area contributed by atoms with Crippen LogP contribution >= 0.6 is 0 Å². The lowest BCUT2D eigenvalue weighted by atomic mass is 9.74. The third-order valence-electron chi connectivity index (χ3n) is 3.78. The molecule has 1 aliphatic rings. The lowest BCUT2D eigenvalue weighted by molar-refractivity contribution is 0.328. The number of benzene rings is 1. The molecular formula is C13H19N. The van der Waals surface area contributed by atoms with Gasteiger partial charge in [-0.15, -0.1) is 0 Å². The first-order valence-electron chi connectivity index (χ1n) is 5.49. The molecule has 1 heteroatoms. The summed E-state index contributed by atoms with van der Waals surface area (Å²) in [6.45, 7) is 4.69.